The van der Waals surface area contributed by atoms with E-state index >= 15 is 0 Å². The molecule has 0 radical (unpaired) electrons. The van der Waals surface area contributed by atoms with E-state index in [0.29, 0.717) is 5.57 Å². The minimum absolute atomic E-state index is 0.237. The zero-order valence-electron chi connectivity index (χ0n) is 14.5. The van der Waals surface area contributed by atoms with Gasteiger partial charge in [-0.15, -0.1) is 0 Å². The van der Waals surface area contributed by atoms with Crippen molar-refractivity contribution < 1.29 is 31.7 Å². The summed E-state index contributed by atoms with van der Waals surface area (Å²) in [6, 6.07) is 0. The van der Waals surface area contributed by atoms with E-state index in [1.165, 1.54) is 19.9 Å². The molecule has 0 saturated carbocycles. The lowest BCUT2D eigenvalue weighted by Gasteiger charge is -2.08. The Hall–Kier alpha value is -2.26. The van der Waals surface area contributed by atoms with E-state index < -0.39 is 27.7 Å². The average molecular weight is 375 g/mol. The summed E-state index contributed by atoms with van der Waals surface area (Å²) in [5.74, 6) is -1.51. The minimum atomic E-state index is -4.29. The van der Waals surface area contributed by atoms with Crippen molar-refractivity contribution in [3.05, 3.63) is 47.3 Å². The van der Waals surface area contributed by atoms with E-state index in [-0.39, 0.29) is 17.9 Å². The third-order valence-corrected chi connectivity index (χ3v) is 3.56. The molecule has 0 aromatic carbocycles. The Morgan fingerprint density at radius 1 is 1.12 bits per heavy atom. The van der Waals surface area contributed by atoms with Gasteiger partial charge in [-0.25, -0.2) is 0 Å². The third kappa shape index (κ3) is 9.58. The normalized spacial score (nSPS) is 13.9. The Bertz CT molecular complexity index is 704. The number of ether oxygens (including phenoxy) is 1. The third-order valence-electron chi connectivity index (χ3n) is 2.67. The highest BCUT2D eigenvalue weighted by Crippen LogP contribution is 2.14. The monoisotopic (exact) mass is 375 g/mol. The van der Waals surface area contributed by atoms with Crippen molar-refractivity contribution in [1.29, 1.82) is 0 Å². The molecule has 9 heteroatoms. The molecule has 0 heterocycles. The van der Waals surface area contributed by atoms with E-state index in [4.69, 9.17) is 4.74 Å². The molecule has 0 aromatic heterocycles. The molecular weight excluding hydrogens is 353 g/mol. The number of carbonyl (C=O) groups excluding carboxylic acids is 2. The van der Waals surface area contributed by atoms with Crippen molar-refractivity contribution in [1.82, 2.24) is 5.32 Å². The Morgan fingerprint density at radius 2 is 1.72 bits per heavy atom. The first-order chi connectivity index (χ1) is 11.7. The van der Waals surface area contributed by atoms with Gasteiger partial charge in [0.25, 0.3) is 10.1 Å². The summed E-state index contributed by atoms with van der Waals surface area (Å²) in [4.78, 5) is 23.2. The van der Waals surface area contributed by atoms with Crippen LogP contribution in [0.5, 0.6) is 0 Å². The van der Waals surface area contributed by atoms with Crippen LogP contribution in [0.15, 0.2) is 47.3 Å². The van der Waals surface area contributed by atoms with E-state index in [2.05, 4.69) is 9.70 Å². The van der Waals surface area contributed by atoms with Gasteiger partial charge in [-0.1, -0.05) is 22.6 Å². The summed E-state index contributed by atoms with van der Waals surface area (Å²) in [6.45, 7) is 5.94. The number of esters is 1. The highest BCUT2D eigenvalue weighted by Gasteiger charge is 2.13. The van der Waals surface area contributed by atoms with Gasteiger partial charge in [0.05, 0.1) is 5.75 Å². The molecule has 0 bridgehead atoms. The molecule has 7 nitrogen and oxygen atoms in total. The Morgan fingerprint density at radius 3 is 2.20 bits per heavy atom. The number of carbonyl (C=O) groups is 2. The first-order valence-corrected chi connectivity index (χ1v) is 8.92. The van der Waals surface area contributed by atoms with E-state index in [9.17, 15) is 22.5 Å². The molecule has 0 saturated heterocycles. The number of halogens is 1. The molecular formula is C16H22FNO6S. The quantitative estimate of drug-likeness (QED) is 0.287. The highest BCUT2D eigenvalue weighted by atomic mass is 32.2. The summed E-state index contributed by atoms with van der Waals surface area (Å²) in [6.07, 6.45) is 8.08. The molecule has 0 unspecified atom stereocenters. The Balaban J connectivity index is 5.36. The maximum absolute atomic E-state index is 12.0. The summed E-state index contributed by atoms with van der Waals surface area (Å²) < 4.78 is 41.3. The zero-order valence-corrected chi connectivity index (χ0v) is 15.4. The fourth-order valence-electron chi connectivity index (χ4n) is 1.64. The van der Waals surface area contributed by atoms with Gasteiger partial charge in [0.15, 0.2) is 0 Å². The van der Waals surface area contributed by atoms with Crippen LogP contribution >= 0.6 is 0 Å². The molecule has 0 aromatic rings. The number of hydrogen-bond donors (Lipinski definition) is 1. The average Bonchev–Trinajstić information content (AvgIpc) is 2.53. The molecule has 140 valence electrons. The van der Waals surface area contributed by atoms with Gasteiger partial charge >= 0.3 is 5.97 Å². The van der Waals surface area contributed by atoms with Gasteiger partial charge in [-0.3, -0.25) is 9.59 Å². The SMILES string of the molecule is C\C=C/C(/C=C(\C)C(=O)NCCS(=O)(=O)OF)=C(\C=C/C)OC(C)=O. The van der Waals surface area contributed by atoms with E-state index in [0.717, 1.165) is 0 Å². The Labute approximate surface area is 146 Å². The molecule has 1 amide bonds. The molecule has 0 rings (SSSR count). The van der Waals surface area contributed by atoms with Crippen LogP contribution in [0.1, 0.15) is 27.7 Å². The lowest BCUT2D eigenvalue weighted by Crippen LogP contribution is -2.29. The first kappa shape index (κ1) is 22.7. The standard InChI is InChI=1S/C16H22FNO6S/c1-5-7-14(15(8-6-2)23-13(4)19)11-12(3)16(20)18-9-10-25(21,22)24-17/h5-8,11H,9-10H2,1-4H3,(H,18,20)/b7-5-,8-6-,12-11+,15-14-. The molecule has 1 N–H and O–H groups in total. The van der Waals surface area contributed by atoms with Gasteiger partial charge in [-0.2, -0.15) is 8.42 Å². The second kappa shape index (κ2) is 11.3. The van der Waals surface area contributed by atoms with Crippen molar-refractivity contribution in [2.45, 2.75) is 27.7 Å². The van der Waals surface area contributed by atoms with Crippen LogP contribution in [0.25, 0.3) is 0 Å². The van der Waals surface area contributed by atoms with Gasteiger partial charge in [0, 0.05) is 24.6 Å². The molecule has 25 heavy (non-hydrogen) atoms. The van der Waals surface area contributed by atoms with Crippen LogP contribution in [0.2, 0.25) is 0 Å². The Kier molecular flexibility index (Phi) is 10.3. The smallest absolute Gasteiger partial charge is 0.308 e. The summed E-state index contributed by atoms with van der Waals surface area (Å²) in [5.41, 5.74) is 0.712. The number of rotatable bonds is 9. The number of nitrogens with one attached hydrogen (secondary N) is 1. The van der Waals surface area contributed by atoms with Crippen LogP contribution in [0, 0.1) is 0 Å². The predicted octanol–water partition coefficient (Wildman–Crippen LogP) is 2.25. The summed E-state index contributed by atoms with van der Waals surface area (Å²) in [5, 5.41) is 2.33. The van der Waals surface area contributed by atoms with Crippen molar-refractivity contribution in [2.75, 3.05) is 12.3 Å². The number of amides is 1. The largest absolute Gasteiger partial charge is 0.426 e. The predicted molar refractivity (Wildman–Crippen MR) is 91.2 cm³/mol. The zero-order chi connectivity index (χ0) is 19.5. The maximum atomic E-state index is 12.0. The van der Waals surface area contributed by atoms with Crippen molar-refractivity contribution >= 4 is 22.0 Å². The van der Waals surface area contributed by atoms with Crippen LogP contribution in [0.4, 0.5) is 4.53 Å². The van der Waals surface area contributed by atoms with E-state index in [1.54, 1.807) is 38.2 Å². The fraction of sp³-hybridized carbons (Fsp3) is 0.375. The lowest BCUT2D eigenvalue weighted by molar-refractivity contribution is -0.136. The van der Waals surface area contributed by atoms with Gasteiger partial charge in [-0.05, 0) is 37.4 Å². The van der Waals surface area contributed by atoms with Crippen LogP contribution in [0.3, 0.4) is 0 Å². The van der Waals surface area contributed by atoms with Crippen molar-refractivity contribution in [2.24, 2.45) is 0 Å². The summed E-state index contributed by atoms with van der Waals surface area (Å²) >= 11 is 0. The van der Waals surface area contributed by atoms with Crippen molar-refractivity contribution in [3.63, 3.8) is 0 Å². The topological polar surface area (TPSA) is 98.8 Å². The van der Waals surface area contributed by atoms with Gasteiger partial charge < -0.3 is 10.1 Å². The number of hydrogen-bond acceptors (Lipinski definition) is 6. The van der Waals surface area contributed by atoms with Gasteiger partial charge in [0.2, 0.25) is 5.91 Å². The molecule has 0 atom stereocenters. The molecule has 0 fully saturated rings. The molecule has 0 aliphatic rings. The molecule has 0 aliphatic heterocycles. The van der Waals surface area contributed by atoms with E-state index in [1.807, 2.05) is 0 Å². The van der Waals surface area contributed by atoms with Gasteiger partial charge in [0.1, 0.15) is 5.76 Å². The first-order valence-electron chi connectivity index (χ1n) is 7.34. The van der Waals surface area contributed by atoms with Crippen LogP contribution in [-0.4, -0.2) is 32.6 Å². The van der Waals surface area contributed by atoms with Crippen LogP contribution in [-0.2, 0) is 28.8 Å². The second-order valence-corrected chi connectivity index (χ2v) is 6.47. The fourth-order valence-corrected chi connectivity index (χ4v) is 2.05. The highest BCUT2D eigenvalue weighted by molar-refractivity contribution is 7.86. The summed E-state index contributed by atoms with van der Waals surface area (Å²) in [7, 11) is -4.29. The second-order valence-electron chi connectivity index (χ2n) is 4.82. The molecule has 0 spiro atoms. The number of allylic oxidation sites excluding steroid dienone is 6. The van der Waals surface area contributed by atoms with Crippen molar-refractivity contribution in [3.8, 4) is 0 Å². The van der Waals surface area contributed by atoms with Crippen LogP contribution < -0.4 is 5.32 Å². The minimum Gasteiger partial charge on any atom is -0.426 e. The molecule has 0 aliphatic carbocycles. The maximum Gasteiger partial charge on any atom is 0.308 e. The lowest BCUT2D eigenvalue weighted by atomic mass is 10.1.